The molecule has 4 nitrogen and oxygen atoms in total. The molecule has 0 saturated heterocycles. The van der Waals surface area contributed by atoms with Gasteiger partial charge in [-0.25, -0.2) is 0 Å². The van der Waals surface area contributed by atoms with Gasteiger partial charge in [-0.3, -0.25) is 14.5 Å². The fourth-order valence-electron chi connectivity index (χ4n) is 3.16. The molecular weight excluding hydrogens is 409 g/mol. The molecule has 136 valence electrons. The number of carbonyl (C=O) groups excluding carboxylic acids is 2. The fourth-order valence-corrected chi connectivity index (χ4v) is 3.92. The van der Waals surface area contributed by atoms with Crippen LogP contribution in [0, 0.1) is 0 Å². The molecule has 0 aromatic heterocycles. The normalized spacial score (nSPS) is 13.4. The van der Waals surface area contributed by atoms with Crippen molar-refractivity contribution in [3.8, 4) is 5.75 Å². The van der Waals surface area contributed by atoms with Crippen LogP contribution in [-0.4, -0.2) is 29.9 Å². The molecule has 1 heterocycles. The average molecular weight is 421 g/mol. The number of para-hydroxylation sites is 1. The molecular formula is C20H12Cl3NO3. The molecule has 27 heavy (non-hydrogen) atoms. The summed E-state index contributed by atoms with van der Waals surface area (Å²) in [4.78, 5) is 26.9. The van der Waals surface area contributed by atoms with E-state index in [2.05, 4.69) is 0 Å². The van der Waals surface area contributed by atoms with Crippen LogP contribution in [0.1, 0.15) is 20.7 Å². The second-order valence-electron chi connectivity index (χ2n) is 5.98. The van der Waals surface area contributed by atoms with Gasteiger partial charge >= 0.3 is 0 Å². The summed E-state index contributed by atoms with van der Waals surface area (Å²) in [5, 5.41) is 2.27. The first kappa shape index (κ1) is 18.1. The van der Waals surface area contributed by atoms with E-state index in [4.69, 9.17) is 39.5 Å². The third-order valence-corrected chi connectivity index (χ3v) is 5.36. The Hall–Kier alpha value is -2.27. The van der Waals surface area contributed by atoms with Crippen LogP contribution in [0.25, 0.3) is 10.8 Å². The van der Waals surface area contributed by atoms with Crippen molar-refractivity contribution < 1.29 is 14.3 Å². The van der Waals surface area contributed by atoms with E-state index < -0.39 is 11.8 Å². The van der Waals surface area contributed by atoms with Gasteiger partial charge in [0.25, 0.3) is 11.8 Å². The summed E-state index contributed by atoms with van der Waals surface area (Å²) in [5.41, 5.74) is 0.786. The lowest BCUT2D eigenvalue weighted by Crippen LogP contribution is -2.42. The molecule has 0 aliphatic carbocycles. The SMILES string of the molecule is O=C1c2ccc(Cl)c3c(Cl)ccc(c23)C(=O)N1CCOc1ccccc1Cl. The van der Waals surface area contributed by atoms with Gasteiger partial charge in [0.2, 0.25) is 0 Å². The maximum absolute atomic E-state index is 12.9. The highest BCUT2D eigenvalue weighted by Gasteiger charge is 2.33. The number of ether oxygens (including phenoxy) is 1. The molecule has 1 aliphatic heterocycles. The largest absolute Gasteiger partial charge is 0.490 e. The Bertz CT molecular complexity index is 1040. The monoisotopic (exact) mass is 419 g/mol. The first-order valence-corrected chi connectivity index (χ1v) is 9.26. The average Bonchev–Trinajstić information content (AvgIpc) is 2.65. The lowest BCUT2D eigenvalue weighted by Gasteiger charge is -2.27. The summed E-state index contributed by atoms with van der Waals surface area (Å²) in [5.74, 6) is -0.310. The van der Waals surface area contributed by atoms with Crippen LogP contribution >= 0.6 is 34.8 Å². The van der Waals surface area contributed by atoms with E-state index in [-0.39, 0.29) is 13.2 Å². The number of imide groups is 1. The van der Waals surface area contributed by atoms with Crippen LogP contribution in [-0.2, 0) is 0 Å². The Kier molecular flexibility index (Phi) is 4.72. The highest BCUT2D eigenvalue weighted by Crippen LogP contribution is 2.38. The van der Waals surface area contributed by atoms with Crippen molar-refractivity contribution in [3.63, 3.8) is 0 Å². The number of halogens is 3. The molecule has 1 aliphatic rings. The van der Waals surface area contributed by atoms with Crippen molar-refractivity contribution in [1.82, 2.24) is 4.90 Å². The van der Waals surface area contributed by atoms with E-state index in [9.17, 15) is 9.59 Å². The lowest BCUT2D eigenvalue weighted by atomic mass is 9.94. The third kappa shape index (κ3) is 3.04. The molecule has 4 rings (SSSR count). The molecule has 0 N–H and O–H groups in total. The molecule has 0 saturated carbocycles. The van der Waals surface area contributed by atoms with Gasteiger partial charge in [-0.2, -0.15) is 0 Å². The van der Waals surface area contributed by atoms with E-state index in [0.717, 1.165) is 4.90 Å². The number of benzene rings is 3. The van der Waals surface area contributed by atoms with Crippen LogP contribution in [0.4, 0.5) is 0 Å². The minimum atomic E-state index is -0.404. The fraction of sp³-hybridized carbons (Fsp3) is 0.100. The number of rotatable bonds is 4. The highest BCUT2D eigenvalue weighted by molar-refractivity contribution is 6.44. The van der Waals surface area contributed by atoms with E-state index in [0.29, 0.717) is 42.7 Å². The van der Waals surface area contributed by atoms with Gasteiger partial charge in [0.15, 0.2) is 0 Å². The van der Waals surface area contributed by atoms with Gasteiger partial charge in [0.05, 0.1) is 11.6 Å². The third-order valence-electron chi connectivity index (χ3n) is 4.42. The van der Waals surface area contributed by atoms with Crippen LogP contribution < -0.4 is 4.74 Å². The van der Waals surface area contributed by atoms with Gasteiger partial charge in [0.1, 0.15) is 12.4 Å². The molecule has 0 spiro atoms. The van der Waals surface area contributed by atoms with Gasteiger partial charge < -0.3 is 4.74 Å². The molecule has 3 aromatic carbocycles. The van der Waals surface area contributed by atoms with Crippen molar-refractivity contribution in [2.45, 2.75) is 0 Å². The highest BCUT2D eigenvalue weighted by atomic mass is 35.5. The number of carbonyl (C=O) groups is 2. The van der Waals surface area contributed by atoms with E-state index >= 15 is 0 Å². The van der Waals surface area contributed by atoms with E-state index in [1.54, 1.807) is 48.5 Å². The minimum absolute atomic E-state index is 0.0923. The quantitative estimate of drug-likeness (QED) is 0.525. The predicted octanol–water partition coefficient (Wildman–Crippen LogP) is 5.48. The molecule has 0 atom stereocenters. The van der Waals surface area contributed by atoms with Crippen LogP contribution in [0.5, 0.6) is 5.75 Å². The summed E-state index contributed by atoms with van der Waals surface area (Å²) in [7, 11) is 0. The first-order chi connectivity index (χ1) is 13.0. The van der Waals surface area contributed by atoms with Gasteiger partial charge in [0, 0.05) is 31.9 Å². The summed E-state index contributed by atoms with van der Waals surface area (Å²) >= 11 is 18.5. The maximum atomic E-state index is 12.9. The van der Waals surface area contributed by atoms with Crippen LogP contribution in [0.15, 0.2) is 48.5 Å². The lowest BCUT2D eigenvalue weighted by molar-refractivity contribution is 0.0587. The summed E-state index contributed by atoms with van der Waals surface area (Å²) in [6, 6.07) is 13.5. The second-order valence-corrected chi connectivity index (χ2v) is 7.20. The van der Waals surface area contributed by atoms with Crippen LogP contribution in [0.2, 0.25) is 15.1 Å². The van der Waals surface area contributed by atoms with Gasteiger partial charge in [-0.15, -0.1) is 0 Å². The summed E-state index contributed by atoms with van der Waals surface area (Å²) < 4.78 is 5.62. The van der Waals surface area contributed by atoms with Gasteiger partial charge in [-0.1, -0.05) is 46.9 Å². The van der Waals surface area contributed by atoms with Crippen molar-refractivity contribution in [2.75, 3.05) is 13.2 Å². The molecule has 7 heteroatoms. The minimum Gasteiger partial charge on any atom is -0.490 e. The van der Waals surface area contributed by atoms with Crippen molar-refractivity contribution in [2.24, 2.45) is 0 Å². The number of hydrogen-bond acceptors (Lipinski definition) is 3. The Morgan fingerprint density at radius 2 is 1.33 bits per heavy atom. The van der Waals surface area contributed by atoms with E-state index in [1.165, 1.54) is 0 Å². The van der Waals surface area contributed by atoms with Gasteiger partial charge in [-0.05, 0) is 36.4 Å². The summed E-state index contributed by atoms with van der Waals surface area (Å²) in [6.07, 6.45) is 0. The number of amides is 2. The molecule has 0 unspecified atom stereocenters. The number of nitrogens with zero attached hydrogens (tertiary/aromatic N) is 1. The van der Waals surface area contributed by atoms with Crippen molar-refractivity contribution in [1.29, 1.82) is 0 Å². The molecule has 0 fully saturated rings. The first-order valence-electron chi connectivity index (χ1n) is 8.13. The molecule has 2 amide bonds. The molecule has 3 aromatic rings. The van der Waals surface area contributed by atoms with Crippen molar-refractivity contribution >= 4 is 57.4 Å². The smallest absolute Gasteiger partial charge is 0.261 e. The zero-order valence-electron chi connectivity index (χ0n) is 13.8. The summed E-state index contributed by atoms with van der Waals surface area (Å²) in [6.45, 7) is 0.218. The molecule has 0 radical (unpaired) electrons. The predicted molar refractivity (Wildman–Crippen MR) is 106 cm³/mol. The topological polar surface area (TPSA) is 46.6 Å². The maximum Gasteiger partial charge on any atom is 0.261 e. The van der Waals surface area contributed by atoms with Crippen LogP contribution in [0.3, 0.4) is 0 Å². The Balaban J connectivity index is 1.65. The Morgan fingerprint density at radius 3 is 1.93 bits per heavy atom. The zero-order chi connectivity index (χ0) is 19.1. The Morgan fingerprint density at radius 1 is 0.741 bits per heavy atom. The second kappa shape index (κ2) is 7.04. The zero-order valence-corrected chi connectivity index (χ0v) is 16.1. The Labute approximate surface area is 170 Å². The number of hydrogen-bond donors (Lipinski definition) is 0. The molecule has 0 bridgehead atoms. The van der Waals surface area contributed by atoms with E-state index in [1.807, 2.05) is 0 Å². The standard InChI is InChI=1S/C20H12Cl3NO3/c21-13-3-1-2-4-16(13)27-10-9-24-19(25)11-5-7-14(22)18-15(23)8-6-12(17(11)18)20(24)26/h1-8H,9-10H2. The van der Waals surface area contributed by atoms with Crippen molar-refractivity contribution in [3.05, 3.63) is 74.7 Å².